The summed E-state index contributed by atoms with van der Waals surface area (Å²) in [6.45, 7) is 1.86. The average Bonchev–Trinajstić information content (AvgIpc) is 2.44. The third-order valence-electron chi connectivity index (χ3n) is 3.02. The van der Waals surface area contributed by atoms with Crippen molar-refractivity contribution in [2.45, 2.75) is 13.1 Å². The molecule has 0 spiro atoms. The topological polar surface area (TPSA) is 75.0 Å². The van der Waals surface area contributed by atoms with Gasteiger partial charge < -0.3 is 16.5 Å². The number of halogens is 4. The van der Waals surface area contributed by atoms with E-state index in [2.05, 4.69) is 37.1 Å². The molecule has 9 heteroatoms. The van der Waals surface area contributed by atoms with Crippen molar-refractivity contribution in [1.82, 2.24) is 10.4 Å². The molecule has 0 unspecified atom stereocenters. The Bertz CT molecular complexity index is 695. The van der Waals surface area contributed by atoms with Crippen molar-refractivity contribution in [3.63, 3.8) is 0 Å². The molecule has 2 aromatic rings. The molecular weight excluding hydrogens is 375 g/mol. The van der Waals surface area contributed by atoms with Crippen molar-refractivity contribution in [2.24, 2.45) is 0 Å². The molecule has 0 fully saturated rings. The van der Waals surface area contributed by atoms with Crippen molar-refractivity contribution in [3.05, 3.63) is 40.0 Å². The highest BCUT2D eigenvalue weighted by Gasteiger charge is 2.33. The summed E-state index contributed by atoms with van der Waals surface area (Å²) in [5.41, 5.74) is 12.9. The second-order valence-corrected chi connectivity index (χ2v) is 5.64. The second kappa shape index (κ2) is 6.63. The van der Waals surface area contributed by atoms with Gasteiger partial charge in [-0.3, -0.25) is 0 Å². The first-order valence-electron chi connectivity index (χ1n) is 6.56. The summed E-state index contributed by atoms with van der Waals surface area (Å²) in [5, 5.41) is 2.82. The van der Waals surface area contributed by atoms with Crippen LogP contribution in [0.2, 0.25) is 0 Å². The lowest BCUT2D eigenvalue weighted by Crippen LogP contribution is -2.16. The predicted molar refractivity (Wildman–Crippen MR) is 88.5 cm³/mol. The minimum Gasteiger partial charge on any atom is -0.396 e. The number of rotatable bonds is 4. The van der Waals surface area contributed by atoms with Gasteiger partial charge in [-0.2, -0.15) is 13.2 Å². The summed E-state index contributed by atoms with van der Waals surface area (Å²) < 4.78 is 39.0. The van der Waals surface area contributed by atoms with E-state index in [1.165, 1.54) is 6.07 Å². The number of hydrogen-bond donors (Lipinski definition) is 4. The number of aromatic nitrogens is 1. The summed E-state index contributed by atoms with van der Waals surface area (Å²) in [5.74, 6) is -0.0412. The number of alkyl halides is 3. The Balaban J connectivity index is 2.36. The molecule has 0 aliphatic heterocycles. The molecule has 0 bridgehead atoms. The molecule has 0 saturated carbocycles. The van der Waals surface area contributed by atoms with Gasteiger partial charge in [-0.25, -0.2) is 10.4 Å². The molecule has 124 valence electrons. The second-order valence-electron chi connectivity index (χ2n) is 4.78. The van der Waals surface area contributed by atoms with Crippen LogP contribution in [0.3, 0.4) is 0 Å². The zero-order valence-electron chi connectivity index (χ0n) is 12.3. The molecule has 0 saturated heterocycles. The van der Waals surface area contributed by atoms with Crippen LogP contribution >= 0.6 is 15.9 Å². The number of nitrogen functional groups attached to an aromatic ring is 1. The molecule has 1 heterocycles. The molecule has 5 N–H and O–H groups in total. The first-order valence-corrected chi connectivity index (χ1v) is 7.35. The molecule has 0 amide bonds. The Morgan fingerprint density at radius 2 is 1.91 bits per heavy atom. The SMILES string of the molecule is CNNc1c(C)cc(Nc2nc(C(F)(F)F)ccc2N)cc1Br. The van der Waals surface area contributed by atoms with E-state index in [1.54, 1.807) is 19.2 Å². The molecule has 0 aliphatic rings. The number of nitrogens with zero attached hydrogens (tertiary/aromatic N) is 1. The predicted octanol–water partition coefficient (Wildman–Crippen LogP) is 4.04. The summed E-state index contributed by atoms with van der Waals surface area (Å²) in [6.07, 6.45) is -4.53. The lowest BCUT2D eigenvalue weighted by molar-refractivity contribution is -0.141. The van der Waals surface area contributed by atoms with Gasteiger partial charge >= 0.3 is 6.18 Å². The Morgan fingerprint density at radius 1 is 1.22 bits per heavy atom. The van der Waals surface area contributed by atoms with Crippen LogP contribution in [0.15, 0.2) is 28.7 Å². The molecular formula is C14H15BrF3N5. The van der Waals surface area contributed by atoms with Crippen molar-refractivity contribution in [3.8, 4) is 0 Å². The quantitative estimate of drug-likeness (QED) is 0.593. The maximum absolute atomic E-state index is 12.8. The Hall–Kier alpha value is -2.00. The van der Waals surface area contributed by atoms with E-state index in [-0.39, 0.29) is 11.5 Å². The highest BCUT2D eigenvalue weighted by molar-refractivity contribution is 9.10. The van der Waals surface area contributed by atoms with Gasteiger partial charge in [0.2, 0.25) is 0 Å². The van der Waals surface area contributed by atoms with E-state index < -0.39 is 11.9 Å². The standard InChI is InChI=1S/C14H15BrF3N5/c1-7-5-8(6-9(15)12(7)23-20-2)21-13-10(19)3-4-11(22-13)14(16,17)18/h3-6,20,23H,19H2,1-2H3,(H,21,22). The number of benzene rings is 1. The van der Waals surface area contributed by atoms with Crippen LogP contribution in [-0.2, 0) is 6.18 Å². The van der Waals surface area contributed by atoms with Gasteiger partial charge in [-0.05, 0) is 52.7 Å². The van der Waals surface area contributed by atoms with Gasteiger partial charge in [-0.1, -0.05) is 0 Å². The maximum atomic E-state index is 12.8. The first-order chi connectivity index (χ1) is 10.7. The van der Waals surface area contributed by atoms with Crippen LogP contribution in [-0.4, -0.2) is 12.0 Å². The summed E-state index contributed by atoms with van der Waals surface area (Å²) in [4.78, 5) is 3.55. The van der Waals surface area contributed by atoms with E-state index >= 15 is 0 Å². The number of hydrazine groups is 1. The van der Waals surface area contributed by atoms with E-state index in [0.29, 0.717) is 5.69 Å². The number of nitrogens with one attached hydrogen (secondary N) is 3. The van der Waals surface area contributed by atoms with Gasteiger partial charge in [-0.15, -0.1) is 0 Å². The van der Waals surface area contributed by atoms with Gasteiger partial charge in [0.05, 0.1) is 11.4 Å². The fourth-order valence-electron chi connectivity index (χ4n) is 1.96. The molecule has 0 atom stereocenters. The zero-order valence-corrected chi connectivity index (χ0v) is 13.9. The summed E-state index contributed by atoms with van der Waals surface area (Å²) >= 11 is 3.40. The number of pyridine rings is 1. The monoisotopic (exact) mass is 389 g/mol. The van der Waals surface area contributed by atoms with E-state index in [1.807, 2.05) is 6.92 Å². The van der Waals surface area contributed by atoms with Crippen molar-refractivity contribution in [1.29, 1.82) is 0 Å². The minimum atomic E-state index is -4.53. The summed E-state index contributed by atoms with van der Waals surface area (Å²) in [7, 11) is 1.73. The lowest BCUT2D eigenvalue weighted by Gasteiger charge is -2.15. The minimum absolute atomic E-state index is 0.0412. The highest BCUT2D eigenvalue weighted by Crippen LogP contribution is 2.34. The Kier molecular flexibility index (Phi) is 5.00. The maximum Gasteiger partial charge on any atom is 0.433 e. The average molecular weight is 390 g/mol. The van der Waals surface area contributed by atoms with Gasteiger partial charge in [0.1, 0.15) is 5.69 Å². The third kappa shape index (κ3) is 4.05. The number of anilines is 4. The van der Waals surface area contributed by atoms with Crippen LogP contribution in [0.25, 0.3) is 0 Å². The van der Waals surface area contributed by atoms with Crippen LogP contribution < -0.4 is 21.9 Å². The fraction of sp³-hybridized carbons (Fsp3) is 0.214. The molecule has 1 aromatic carbocycles. The highest BCUT2D eigenvalue weighted by atomic mass is 79.9. The van der Waals surface area contributed by atoms with Crippen molar-refractivity contribution < 1.29 is 13.2 Å². The van der Waals surface area contributed by atoms with Crippen molar-refractivity contribution in [2.75, 3.05) is 23.5 Å². The third-order valence-corrected chi connectivity index (χ3v) is 3.64. The molecule has 23 heavy (non-hydrogen) atoms. The van der Waals surface area contributed by atoms with E-state index in [9.17, 15) is 13.2 Å². The molecule has 1 aromatic heterocycles. The van der Waals surface area contributed by atoms with Gasteiger partial charge in [0, 0.05) is 17.2 Å². The first kappa shape index (κ1) is 17.4. The zero-order chi connectivity index (χ0) is 17.2. The molecule has 2 rings (SSSR count). The van der Waals surface area contributed by atoms with Crippen LogP contribution in [0.4, 0.5) is 36.1 Å². The largest absolute Gasteiger partial charge is 0.433 e. The van der Waals surface area contributed by atoms with Crippen LogP contribution in [0.5, 0.6) is 0 Å². The van der Waals surface area contributed by atoms with Gasteiger partial charge in [0.25, 0.3) is 0 Å². The fourth-order valence-corrected chi connectivity index (χ4v) is 2.62. The van der Waals surface area contributed by atoms with Crippen molar-refractivity contribution >= 4 is 38.8 Å². The number of nitrogens with two attached hydrogens (primary N) is 1. The molecule has 0 radical (unpaired) electrons. The molecule has 5 nitrogen and oxygen atoms in total. The van der Waals surface area contributed by atoms with E-state index in [0.717, 1.165) is 21.8 Å². The lowest BCUT2D eigenvalue weighted by atomic mass is 10.2. The Labute approximate surface area is 139 Å². The number of hydrogen-bond acceptors (Lipinski definition) is 5. The Morgan fingerprint density at radius 3 is 2.48 bits per heavy atom. The smallest absolute Gasteiger partial charge is 0.396 e. The van der Waals surface area contributed by atoms with E-state index in [4.69, 9.17) is 5.73 Å². The van der Waals surface area contributed by atoms with Gasteiger partial charge in [0.15, 0.2) is 5.82 Å². The van der Waals surface area contributed by atoms with Crippen LogP contribution in [0, 0.1) is 6.92 Å². The number of aryl methyl sites for hydroxylation is 1. The normalized spacial score (nSPS) is 11.4. The molecule has 0 aliphatic carbocycles. The van der Waals surface area contributed by atoms with Crippen LogP contribution in [0.1, 0.15) is 11.3 Å². The summed E-state index contributed by atoms with van der Waals surface area (Å²) in [6, 6.07) is 5.51.